The summed E-state index contributed by atoms with van der Waals surface area (Å²) in [5.41, 5.74) is -0.470. The molecule has 1 fully saturated rings. The normalized spacial score (nSPS) is 22.8. The van der Waals surface area contributed by atoms with E-state index < -0.39 is 11.9 Å². The molecular weight excluding hydrogens is 352 g/mol. The third-order valence-corrected chi connectivity index (χ3v) is 6.37. The molecule has 0 saturated carbocycles. The van der Waals surface area contributed by atoms with Gasteiger partial charge >= 0.3 is 0 Å². The Balaban J connectivity index is 2.29. The minimum Gasteiger partial charge on any atom is -0.362 e. The lowest BCUT2D eigenvalue weighted by atomic mass is 9.85. The van der Waals surface area contributed by atoms with Crippen LogP contribution in [0.3, 0.4) is 0 Å². The van der Waals surface area contributed by atoms with Gasteiger partial charge in [0.25, 0.3) is 0 Å². The molecule has 0 amide bonds. The molecule has 0 aromatic rings. The van der Waals surface area contributed by atoms with Gasteiger partial charge in [-0.15, -0.1) is 0 Å². The van der Waals surface area contributed by atoms with Crippen LogP contribution in [0.15, 0.2) is 0 Å². The Bertz CT molecular complexity index is 407. The predicted molar refractivity (Wildman–Crippen MR) is 115 cm³/mol. The van der Waals surface area contributed by atoms with Crippen LogP contribution in [0.5, 0.6) is 0 Å². The molecule has 4 nitrogen and oxygen atoms in total. The zero-order chi connectivity index (χ0) is 21.0. The van der Waals surface area contributed by atoms with E-state index in [9.17, 15) is 4.79 Å². The summed E-state index contributed by atoms with van der Waals surface area (Å²) in [6, 6.07) is 0. The van der Waals surface area contributed by atoms with Gasteiger partial charge in [-0.25, -0.2) is 0 Å². The summed E-state index contributed by atoms with van der Waals surface area (Å²) in [7, 11) is 3.31. The highest BCUT2D eigenvalue weighted by Crippen LogP contribution is 2.35. The highest BCUT2D eigenvalue weighted by Gasteiger charge is 2.43. The van der Waals surface area contributed by atoms with Crippen LogP contribution in [0.25, 0.3) is 0 Å². The van der Waals surface area contributed by atoms with Crippen molar-refractivity contribution in [1.82, 2.24) is 0 Å². The smallest absolute Gasteiger partial charge is 0.185 e. The fourth-order valence-electron chi connectivity index (χ4n) is 4.47. The highest BCUT2D eigenvalue weighted by molar-refractivity contribution is 5.80. The average Bonchev–Trinajstić information content (AvgIpc) is 2.64. The van der Waals surface area contributed by atoms with Crippen molar-refractivity contribution in [2.75, 3.05) is 20.8 Å². The van der Waals surface area contributed by atoms with Crippen LogP contribution in [0.4, 0.5) is 0 Å². The van der Waals surface area contributed by atoms with Gasteiger partial charge in [-0.1, -0.05) is 79.1 Å². The number of methoxy groups -OCH3 is 2. The van der Waals surface area contributed by atoms with E-state index in [0.717, 1.165) is 30.6 Å². The quantitative estimate of drug-likeness (QED) is 0.310. The zero-order valence-electron chi connectivity index (χ0n) is 19.4. The van der Waals surface area contributed by atoms with Crippen molar-refractivity contribution in [3.05, 3.63) is 0 Å². The van der Waals surface area contributed by atoms with Gasteiger partial charge in [-0.3, -0.25) is 4.79 Å². The number of ether oxygens (including phenoxy) is 3. The molecule has 0 aromatic carbocycles. The molecule has 3 atom stereocenters. The molecule has 1 heterocycles. The second-order valence-corrected chi connectivity index (χ2v) is 9.55. The van der Waals surface area contributed by atoms with Gasteiger partial charge in [0, 0.05) is 20.6 Å². The molecular formula is C24H46O4. The van der Waals surface area contributed by atoms with Gasteiger partial charge in [0.1, 0.15) is 12.2 Å². The van der Waals surface area contributed by atoms with Gasteiger partial charge in [0.05, 0.1) is 0 Å². The number of carbonyl (C=O) groups is 1. The second kappa shape index (κ2) is 13.7. The number of carbonyl (C=O) groups excluding carboxylic acids is 1. The summed E-state index contributed by atoms with van der Waals surface area (Å²) < 4.78 is 17.0. The summed E-state index contributed by atoms with van der Waals surface area (Å²) in [6.45, 7) is 9.59. The Morgan fingerprint density at radius 1 is 0.893 bits per heavy atom. The maximum absolute atomic E-state index is 11.6. The fraction of sp³-hybridized carbons (Fsp3) is 0.958. The first kappa shape index (κ1) is 25.6. The van der Waals surface area contributed by atoms with Crippen molar-refractivity contribution in [1.29, 1.82) is 0 Å². The number of ketones is 1. The Morgan fingerprint density at radius 2 is 1.43 bits per heavy atom. The number of Topliss-reactive ketones (excluding diaryl/α,β-unsaturated/α-hetero) is 1. The third-order valence-electron chi connectivity index (χ3n) is 6.37. The van der Waals surface area contributed by atoms with E-state index in [1.165, 1.54) is 44.9 Å². The van der Waals surface area contributed by atoms with E-state index in [-0.39, 0.29) is 12.4 Å². The topological polar surface area (TPSA) is 44.8 Å². The van der Waals surface area contributed by atoms with Crippen molar-refractivity contribution in [2.24, 2.45) is 17.8 Å². The summed E-state index contributed by atoms with van der Waals surface area (Å²) >= 11 is 0. The number of hydrogen-bond acceptors (Lipinski definition) is 4. The summed E-state index contributed by atoms with van der Waals surface area (Å²) in [6.07, 6.45) is 12.1. The first-order valence-corrected chi connectivity index (χ1v) is 11.5. The SMILES string of the molecule is COC(OC)C1(CCCC(C)CCCC(C)CCCC(C)C)CCC(=O)CO1. The van der Waals surface area contributed by atoms with Crippen LogP contribution in [-0.2, 0) is 19.0 Å². The van der Waals surface area contributed by atoms with E-state index in [1.54, 1.807) is 14.2 Å². The molecule has 3 unspecified atom stereocenters. The van der Waals surface area contributed by atoms with Gasteiger partial charge in [0.2, 0.25) is 0 Å². The van der Waals surface area contributed by atoms with E-state index in [2.05, 4.69) is 27.7 Å². The van der Waals surface area contributed by atoms with Crippen LogP contribution in [0, 0.1) is 17.8 Å². The molecule has 166 valence electrons. The molecule has 0 aromatic heterocycles. The molecule has 0 bridgehead atoms. The largest absolute Gasteiger partial charge is 0.362 e. The van der Waals surface area contributed by atoms with Crippen LogP contribution in [0.1, 0.15) is 98.3 Å². The summed E-state index contributed by atoms with van der Waals surface area (Å²) in [5.74, 6) is 2.59. The van der Waals surface area contributed by atoms with Crippen molar-refractivity contribution in [3.8, 4) is 0 Å². The van der Waals surface area contributed by atoms with Crippen molar-refractivity contribution >= 4 is 5.78 Å². The van der Waals surface area contributed by atoms with E-state index >= 15 is 0 Å². The van der Waals surface area contributed by atoms with Crippen molar-refractivity contribution in [2.45, 2.75) is 110 Å². The molecule has 4 heteroatoms. The van der Waals surface area contributed by atoms with E-state index in [4.69, 9.17) is 14.2 Å². The van der Waals surface area contributed by atoms with Crippen molar-refractivity contribution < 1.29 is 19.0 Å². The molecule has 0 aliphatic carbocycles. The van der Waals surface area contributed by atoms with Gasteiger partial charge in [-0.2, -0.15) is 0 Å². The minimum absolute atomic E-state index is 0.178. The molecule has 1 saturated heterocycles. The van der Waals surface area contributed by atoms with Gasteiger partial charge in [0.15, 0.2) is 12.1 Å². The van der Waals surface area contributed by atoms with Crippen LogP contribution in [0.2, 0.25) is 0 Å². The van der Waals surface area contributed by atoms with Gasteiger partial charge < -0.3 is 14.2 Å². The lowest BCUT2D eigenvalue weighted by molar-refractivity contribution is -0.246. The summed E-state index contributed by atoms with van der Waals surface area (Å²) in [4.78, 5) is 11.6. The highest BCUT2D eigenvalue weighted by atomic mass is 16.7. The summed E-state index contributed by atoms with van der Waals surface area (Å²) in [5, 5.41) is 0. The number of rotatable bonds is 15. The maximum Gasteiger partial charge on any atom is 0.185 e. The van der Waals surface area contributed by atoms with Gasteiger partial charge in [-0.05, 0) is 30.6 Å². The lowest BCUT2D eigenvalue weighted by Gasteiger charge is -2.41. The minimum atomic E-state index is -0.470. The molecule has 0 N–H and O–H groups in total. The first-order valence-electron chi connectivity index (χ1n) is 11.5. The maximum atomic E-state index is 11.6. The molecule has 1 aliphatic rings. The monoisotopic (exact) mass is 398 g/mol. The fourth-order valence-corrected chi connectivity index (χ4v) is 4.47. The van der Waals surface area contributed by atoms with Crippen LogP contribution >= 0.6 is 0 Å². The molecule has 1 rings (SSSR count). The third kappa shape index (κ3) is 9.37. The number of hydrogen-bond donors (Lipinski definition) is 0. The Kier molecular flexibility index (Phi) is 12.5. The second-order valence-electron chi connectivity index (χ2n) is 9.55. The Labute approximate surface area is 174 Å². The predicted octanol–water partition coefficient (Wildman–Crippen LogP) is 6.16. The zero-order valence-corrected chi connectivity index (χ0v) is 19.4. The molecule has 1 aliphatic heterocycles. The van der Waals surface area contributed by atoms with Crippen molar-refractivity contribution in [3.63, 3.8) is 0 Å². The standard InChI is InChI=1S/C24H46O4/c1-19(2)10-7-11-20(3)12-8-13-21(4)14-9-16-24(23(26-5)27-6)17-15-22(25)18-28-24/h19-21,23H,7-18H2,1-6H3. The first-order chi connectivity index (χ1) is 13.3. The van der Waals surface area contributed by atoms with E-state index in [1.807, 2.05) is 0 Å². The van der Waals surface area contributed by atoms with Crippen LogP contribution < -0.4 is 0 Å². The Morgan fingerprint density at radius 3 is 1.89 bits per heavy atom. The van der Waals surface area contributed by atoms with Crippen LogP contribution in [-0.4, -0.2) is 38.5 Å². The molecule has 28 heavy (non-hydrogen) atoms. The molecule has 0 radical (unpaired) electrons. The Hall–Kier alpha value is -0.450. The van der Waals surface area contributed by atoms with E-state index in [0.29, 0.717) is 12.8 Å². The molecule has 0 spiro atoms. The lowest BCUT2D eigenvalue weighted by Crippen LogP contribution is -2.51. The average molecular weight is 399 g/mol.